The van der Waals surface area contributed by atoms with E-state index < -0.39 is 0 Å². The Balaban J connectivity index is 1.56. The number of nitrogens with one attached hydrogen (secondary N) is 1. The number of ether oxygens (including phenoxy) is 1. The summed E-state index contributed by atoms with van der Waals surface area (Å²) in [4.78, 5) is 41.2. The number of hydrogen-bond donors (Lipinski definition) is 1. The number of methoxy groups -OCH3 is 1. The molecule has 2 atom stereocenters. The fourth-order valence-corrected chi connectivity index (χ4v) is 4.42. The van der Waals surface area contributed by atoms with Crippen molar-refractivity contribution in [2.45, 2.75) is 51.5 Å². The molecule has 30 heavy (non-hydrogen) atoms. The number of nitrogens with zero attached hydrogens (tertiary/aromatic N) is 2. The van der Waals surface area contributed by atoms with Gasteiger partial charge in [0.05, 0.1) is 13.0 Å². The second-order valence-electron chi connectivity index (χ2n) is 8.31. The second-order valence-corrected chi connectivity index (χ2v) is 8.31. The van der Waals surface area contributed by atoms with Gasteiger partial charge in [-0.15, -0.1) is 0 Å². The summed E-state index contributed by atoms with van der Waals surface area (Å²) in [7, 11) is 1.63. The predicted octanol–water partition coefficient (Wildman–Crippen LogP) is 1.99. The van der Waals surface area contributed by atoms with Gasteiger partial charge in [0, 0.05) is 45.6 Å². The van der Waals surface area contributed by atoms with Gasteiger partial charge in [0.2, 0.25) is 17.7 Å². The third-order valence-corrected chi connectivity index (χ3v) is 6.14. The van der Waals surface area contributed by atoms with Gasteiger partial charge in [-0.05, 0) is 43.7 Å². The molecule has 164 valence electrons. The molecular weight excluding hydrogens is 382 g/mol. The van der Waals surface area contributed by atoms with Gasteiger partial charge in [-0.1, -0.05) is 18.2 Å². The van der Waals surface area contributed by atoms with Gasteiger partial charge >= 0.3 is 0 Å². The lowest BCUT2D eigenvalue weighted by molar-refractivity contribution is -0.137. The van der Waals surface area contributed by atoms with Crippen LogP contribution in [0.1, 0.15) is 44.6 Å². The van der Waals surface area contributed by atoms with Gasteiger partial charge in [0.25, 0.3) is 0 Å². The van der Waals surface area contributed by atoms with E-state index in [4.69, 9.17) is 4.74 Å². The smallest absolute Gasteiger partial charge is 0.227 e. The molecule has 7 heteroatoms. The molecule has 0 spiro atoms. The molecule has 7 nitrogen and oxygen atoms in total. The Morgan fingerprint density at radius 2 is 1.80 bits per heavy atom. The first kappa shape index (κ1) is 22.1. The van der Waals surface area contributed by atoms with Crippen molar-refractivity contribution in [3.63, 3.8) is 0 Å². The quantitative estimate of drug-likeness (QED) is 0.771. The zero-order valence-corrected chi connectivity index (χ0v) is 18.1. The fourth-order valence-electron chi connectivity index (χ4n) is 4.42. The molecule has 2 aliphatic rings. The third-order valence-electron chi connectivity index (χ3n) is 6.14. The highest BCUT2D eigenvalue weighted by Crippen LogP contribution is 2.22. The van der Waals surface area contributed by atoms with E-state index in [1.807, 2.05) is 29.2 Å². The van der Waals surface area contributed by atoms with Gasteiger partial charge in [0.1, 0.15) is 5.75 Å². The summed E-state index contributed by atoms with van der Waals surface area (Å²) in [6, 6.07) is 7.56. The normalized spacial score (nSPS) is 21.8. The molecule has 0 bridgehead atoms. The van der Waals surface area contributed by atoms with E-state index in [0.717, 1.165) is 37.2 Å². The number of carbonyl (C=O) groups excluding carboxylic acids is 3. The highest BCUT2D eigenvalue weighted by molar-refractivity contribution is 5.81. The van der Waals surface area contributed by atoms with E-state index in [1.54, 1.807) is 12.0 Å². The number of para-hydroxylation sites is 1. The number of carbonyl (C=O) groups is 3. The number of rotatable bonds is 6. The lowest BCUT2D eigenvalue weighted by Gasteiger charge is -2.27. The van der Waals surface area contributed by atoms with Crippen LogP contribution in [0.3, 0.4) is 0 Å². The Hall–Kier alpha value is -2.57. The van der Waals surface area contributed by atoms with E-state index in [1.165, 1.54) is 6.92 Å². The molecule has 3 amide bonds. The highest BCUT2D eigenvalue weighted by atomic mass is 16.5. The molecule has 3 rings (SSSR count). The number of aryl methyl sites for hydroxylation is 1. The summed E-state index contributed by atoms with van der Waals surface area (Å²) in [6.45, 7) is 4.07. The lowest BCUT2D eigenvalue weighted by Crippen LogP contribution is -2.45. The molecule has 2 fully saturated rings. The second kappa shape index (κ2) is 10.5. The molecule has 2 heterocycles. The summed E-state index contributed by atoms with van der Waals surface area (Å²) in [5, 5.41) is 3.08. The molecule has 0 saturated carbocycles. The van der Waals surface area contributed by atoms with Crippen LogP contribution in [0.25, 0.3) is 0 Å². The van der Waals surface area contributed by atoms with Crippen LogP contribution in [0.2, 0.25) is 0 Å². The van der Waals surface area contributed by atoms with Crippen LogP contribution < -0.4 is 10.1 Å². The first-order valence-corrected chi connectivity index (χ1v) is 10.9. The van der Waals surface area contributed by atoms with Gasteiger partial charge in [-0.25, -0.2) is 0 Å². The fraction of sp³-hybridized carbons (Fsp3) is 0.609. The third kappa shape index (κ3) is 5.74. The first-order chi connectivity index (χ1) is 14.5. The topological polar surface area (TPSA) is 79.0 Å². The van der Waals surface area contributed by atoms with E-state index in [2.05, 4.69) is 5.32 Å². The van der Waals surface area contributed by atoms with Crippen molar-refractivity contribution < 1.29 is 19.1 Å². The van der Waals surface area contributed by atoms with Gasteiger partial charge in [-0.2, -0.15) is 0 Å². The van der Waals surface area contributed by atoms with E-state index in [9.17, 15) is 14.4 Å². The van der Waals surface area contributed by atoms with Crippen molar-refractivity contribution in [2.75, 3.05) is 33.3 Å². The average Bonchev–Trinajstić information content (AvgIpc) is 3.20. The lowest BCUT2D eigenvalue weighted by atomic mass is 10.00. The van der Waals surface area contributed by atoms with E-state index >= 15 is 0 Å². The highest BCUT2D eigenvalue weighted by Gasteiger charge is 2.33. The van der Waals surface area contributed by atoms with Crippen molar-refractivity contribution in [1.29, 1.82) is 0 Å². The van der Waals surface area contributed by atoms with Crippen LogP contribution in [0.15, 0.2) is 24.3 Å². The summed E-state index contributed by atoms with van der Waals surface area (Å²) in [5.74, 6) is 0.665. The van der Waals surface area contributed by atoms with Crippen molar-refractivity contribution in [3.8, 4) is 5.75 Å². The average molecular weight is 416 g/mol. The maximum atomic E-state index is 12.9. The molecule has 1 N–H and O–H groups in total. The summed E-state index contributed by atoms with van der Waals surface area (Å²) in [6.07, 6.45) is 4.45. The Morgan fingerprint density at radius 3 is 2.50 bits per heavy atom. The number of hydrogen-bond acceptors (Lipinski definition) is 4. The molecule has 2 saturated heterocycles. The van der Waals surface area contributed by atoms with Crippen LogP contribution in [-0.4, -0.2) is 66.9 Å². The van der Waals surface area contributed by atoms with Crippen molar-refractivity contribution in [2.24, 2.45) is 5.92 Å². The standard InChI is InChI=1S/C23H33N3O4/c1-17(27)26-15-19(23(29)25-13-5-6-14-25)9-11-20(16-26)24-22(28)12-10-18-7-3-4-8-21(18)30-2/h3-4,7-8,19-20H,5-6,9-16H2,1-2H3,(H,24,28)/t19-,20+/m1/s1. The number of amides is 3. The van der Waals surface area contributed by atoms with E-state index in [0.29, 0.717) is 38.8 Å². The Kier molecular flexibility index (Phi) is 7.71. The molecule has 0 aromatic heterocycles. The van der Waals surface area contributed by atoms with Crippen LogP contribution in [0.5, 0.6) is 5.75 Å². The minimum atomic E-state index is -0.178. The molecule has 1 aromatic carbocycles. The largest absolute Gasteiger partial charge is 0.496 e. The number of likely N-dealkylation sites (tertiary alicyclic amines) is 2. The minimum Gasteiger partial charge on any atom is -0.496 e. The molecule has 0 unspecified atom stereocenters. The van der Waals surface area contributed by atoms with Crippen LogP contribution in [0.4, 0.5) is 0 Å². The zero-order chi connectivity index (χ0) is 21.5. The van der Waals surface area contributed by atoms with E-state index in [-0.39, 0.29) is 29.7 Å². The molecule has 2 aliphatic heterocycles. The first-order valence-electron chi connectivity index (χ1n) is 10.9. The maximum Gasteiger partial charge on any atom is 0.227 e. The van der Waals surface area contributed by atoms with Gasteiger partial charge < -0.3 is 19.9 Å². The van der Waals surface area contributed by atoms with Crippen molar-refractivity contribution in [3.05, 3.63) is 29.8 Å². The SMILES string of the molecule is COc1ccccc1CCC(=O)N[C@H]1CC[C@@H](C(=O)N2CCCC2)CN(C(C)=O)C1. The number of benzene rings is 1. The monoisotopic (exact) mass is 415 g/mol. The Bertz CT molecular complexity index is 761. The maximum absolute atomic E-state index is 12.9. The van der Waals surface area contributed by atoms with Crippen LogP contribution in [0, 0.1) is 5.92 Å². The Labute approximate surface area is 178 Å². The minimum absolute atomic E-state index is 0.0428. The molecule has 0 radical (unpaired) electrons. The zero-order valence-electron chi connectivity index (χ0n) is 18.1. The van der Waals surface area contributed by atoms with Crippen LogP contribution in [-0.2, 0) is 20.8 Å². The van der Waals surface area contributed by atoms with Crippen LogP contribution >= 0.6 is 0 Å². The predicted molar refractivity (Wildman–Crippen MR) is 114 cm³/mol. The summed E-state index contributed by atoms with van der Waals surface area (Å²) < 4.78 is 5.35. The molecule has 1 aromatic rings. The van der Waals surface area contributed by atoms with Gasteiger partial charge in [0.15, 0.2) is 0 Å². The Morgan fingerprint density at radius 1 is 1.07 bits per heavy atom. The van der Waals surface area contributed by atoms with Crippen molar-refractivity contribution in [1.82, 2.24) is 15.1 Å². The molecular formula is C23H33N3O4. The summed E-state index contributed by atoms with van der Waals surface area (Å²) >= 11 is 0. The molecule has 0 aliphatic carbocycles. The van der Waals surface area contributed by atoms with Crippen molar-refractivity contribution >= 4 is 17.7 Å². The summed E-state index contributed by atoms with van der Waals surface area (Å²) in [5.41, 5.74) is 0.998. The van der Waals surface area contributed by atoms with Gasteiger partial charge in [-0.3, -0.25) is 14.4 Å².